The van der Waals surface area contributed by atoms with Crippen LogP contribution < -0.4 is 5.32 Å². The summed E-state index contributed by atoms with van der Waals surface area (Å²) in [4.78, 5) is 11.4. The van der Waals surface area contributed by atoms with Gasteiger partial charge in [0.25, 0.3) is 0 Å². The number of nitrogens with zero attached hydrogens (tertiary/aromatic N) is 3. The van der Waals surface area contributed by atoms with Gasteiger partial charge in [-0.1, -0.05) is 0 Å². The van der Waals surface area contributed by atoms with E-state index in [1.54, 1.807) is 17.6 Å². The molecule has 1 aliphatic rings. The van der Waals surface area contributed by atoms with Crippen LogP contribution in [-0.4, -0.2) is 55.2 Å². The standard InChI is InChI=1S/C19H28N4O2S.HI/c1-23(11-8-18-20-10-14-26-18)19(21-9-7-16-6-4-13-24-16)22-15-17-5-2-3-12-25-17;/h4,6,10,13-14,17H,2-3,5,7-9,11-12,15H2,1H3,(H,21,22);1H. The van der Waals surface area contributed by atoms with Crippen LogP contribution in [0.3, 0.4) is 0 Å². The molecule has 1 N–H and O–H groups in total. The number of hydrogen-bond donors (Lipinski definition) is 1. The van der Waals surface area contributed by atoms with Gasteiger partial charge < -0.3 is 19.4 Å². The van der Waals surface area contributed by atoms with Gasteiger partial charge in [-0.3, -0.25) is 4.99 Å². The summed E-state index contributed by atoms with van der Waals surface area (Å²) in [7, 11) is 2.08. The molecular formula is C19H29IN4O2S. The Hall–Kier alpha value is -1.13. The van der Waals surface area contributed by atoms with Gasteiger partial charge in [0, 0.05) is 51.2 Å². The maximum absolute atomic E-state index is 5.81. The first-order chi connectivity index (χ1) is 12.8. The number of halogens is 1. The van der Waals surface area contributed by atoms with Crippen LogP contribution in [-0.2, 0) is 17.6 Å². The molecule has 0 aromatic carbocycles. The Kier molecular flexibility index (Phi) is 10.1. The van der Waals surface area contributed by atoms with E-state index in [0.717, 1.165) is 55.7 Å². The molecule has 1 aliphatic heterocycles. The molecule has 3 heterocycles. The molecule has 3 rings (SSSR count). The lowest BCUT2D eigenvalue weighted by Gasteiger charge is -2.25. The maximum atomic E-state index is 5.81. The number of ether oxygens (including phenoxy) is 1. The van der Waals surface area contributed by atoms with Crippen LogP contribution in [0.4, 0.5) is 0 Å². The molecule has 2 aromatic rings. The molecule has 150 valence electrons. The summed E-state index contributed by atoms with van der Waals surface area (Å²) in [5, 5.41) is 6.65. The minimum absolute atomic E-state index is 0. The second-order valence-corrected chi connectivity index (χ2v) is 7.49. The van der Waals surface area contributed by atoms with E-state index in [0.29, 0.717) is 6.54 Å². The van der Waals surface area contributed by atoms with Gasteiger partial charge in [-0.05, 0) is 31.4 Å². The van der Waals surface area contributed by atoms with E-state index >= 15 is 0 Å². The molecular weight excluding hydrogens is 475 g/mol. The lowest BCUT2D eigenvalue weighted by molar-refractivity contribution is 0.0223. The predicted octanol–water partition coefficient (Wildman–Crippen LogP) is 3.59. The highest BCUT2D eigenvalue weighted by Crippen LogP contribution is 2.13. The summed E-state index contributed by atoms with van der Waals surface area (Å²) in [5.74, 6) is 1.90. The van der Waals surface area contributed by atoms with Crippen molar-refractivity contribution in [3.8, 4) is 0 Å². The molecule has 0 radical (unpaired) electrons. The third-order valence-electron chi connectivity index (χ3n) is 4.46. The lowest BCUT2D eigenvalue weighted by Crippen LogP contribution is -2.41. The zero-order valence-corrected chi connectivity index (χ0v) is 18.9. The zero-order valence-electron chi connectivity index (χ0n) is 15.8. The number of aliphatic imine (C=N–C) groups is 1. The highest BCUT2D eigenvalue weighted by atomic mass is 127. The Labute approximate surface area is 182 Å². The molecule has 1 fully saturated rings. The second-order valence-electron chi connectivity index (χ2n) is 6.51. The smallest absolute Gasteiger partial charge is 0.193 e. The van der Waals surface area contributed by atoms with E-state index in [1.165, 1.54) is 12.8 Å². The largest absolute Gasteiger partial charge is 0.469 e. The molecule has 1 unspecified atom stereocenters. The summed E-state index contributed by atoms with van der Waals surface area (Å²) in [6.07, 6.45) is 9.09. The van der Waals surface area contributed by atoms with Gasteiger partial charge in [-0.2, -0.15) is 0 Å². The van der Waals surface area contributed by atoms with E-state index in [4.69, 9.17) is 14.1 Å². The minimum atomic E-state index is 0. The SMILES string of the molecule is CN(CCc1nccs1)C(=NCC1CCCCO1)NCCc1ccco1.I. The molecule has 0 amide bonds. The van der Waals surface area contributed by atoms with Crippen molar-refractivity contribution in [2.75, 3.05) is 33.3 Å². The number of nitrogens with one attached hydrogen (secondary N) is 1. The molecule has 1 saturated heterocycles. The van der Waals surface area contributed by atoms with Gasteiger partial charge in [0.1, 0.15) is 5.76 Å². The lowest BCUT2D eigenvalue weighted by atomic mass is 10.1. The third kappa shape index (κ3) is 7.79. The first kappa shape index (κ1) is 22.2. The van der Waals surface area contributed by atoms with Gasteiger partial charge in [0.15, 0.2) is 5.96 Å². The normalized spacial score (nSPS) is 17.4. The number of aromatic nitrogens is 1. The number of hydrogen-bond acceptors (Lipinski definition) is 5. The summed E-state index contributed by atoms with van der Waals surface area (Å²) in [6, 6.07) is 3.92. The molecule has 6 nitrogen and oxygen atoms in total. The van der Waals surface area contributed by atoms with Crippen molar-refractivity contribution in [3.05, 3.63) is 40.7 Å². The van der Waals surface area contributed by atoms with Crippen molar-refractivity contribution < 1.29 is 9.15 Å². The Morgan fingerprint density at radius 1 is 1.41 bits per heavy atom. The van der Waals surface area contributed by atoms with Crippen molar-refractivity contribution in [1.29, 1.82) is 0 Å². The first-order valence-electron chi connectivity index (χ1n) is 9.33. The number of rotatable bonds is 8. The quantitative estimate of drug-likeness (QED) is 0.338. The van der Waals surface area contributed by atoms with Crippen LogP contribution in [0.2, 0.25) is 0 Å². The van der Waals surface area contributed by atoms with Crippen molar-refractivity contribution in [2.24, 2.45) is 4.99 Å². The molecule has 0 aliphatic carbocycles. The van der Waals surface area contributed by atoms with Crippen LogP contribution >= 0.6 is 35.3 Å². The summed E-state index contributed by atoms with van der Waals surface area (Å²) in [5.41, 5.74) is 0. The molecule has 27 heavy (non-hydrogen) atoms. The minimum Gasteiger partial charge on any atom is -0.469 e. The van der Waals surface area contributed by atoms with Crippen LogP contribution in [0.25, 0.3) is 0 Å². The van der Waals surface area contributed by atoms with E-state index in [1.807, 2.05) is 23.7 Å². The Bertz CT molecular complexity index is 643. The average molecular weight is 504 g/mol. The van der Waals surface area contributed by atoms with Gasteiger partial charge in [0.05, 0.1) is 23.9 Å². The topological polar surface area (TPSA) is 62.9 Å². The van der Waals surface area contributed by atoms with Gasteiger partial charge in [-0.15, -0.1) is 35.3 Å². The Morgan fingerprint density at radius 2 is 2.33 bits per heavy atom. The molecule has 0 spiro atoms. The number of guanidine groups is 1. The summed E-state index contributed by atoms with van der Waals surface area (Å²) < 4.78 is 11.2. The molecule has 2 aromatic heterocycles. The Morgan fingerprint density at radius 3 is 3.04 bits per heavy atom. The third-order valence-corrected chi connectivity index (χ3v) is 5.30. The van der Waals surface area contributed by atoms with E-state index in [-0.39, 0.29) is 30.1 Å². The second kappa shape index (κ2) is 12.4. The zero-order chi connectivity index (χ0) is 18.0. The van der Waals surface area contributed by atoms with E-state index in [9.17, 15) is 0 Å². The molecule has 8 heteroatoms. The fourth-order valence-electron chi connectivity index (χ4n) is 2.95. The van der Waals surface area contributed by atoms with Crippen LogP contribution in [0, 0.1) is 0 Å². The molecule has 0 bridgehead atoms. The molecule has 1 atom stereocenters. The number of furan rings is 1. The number of thiazole rings is 1. The summed E-state index contributed by atoms with van der Waals surface area (Å²) >= 11 is 1.70. The first-order valence-corrected chi connectivity index (χ1v) is 10.2. The van der Waals surface area contributed by atoms with Crippen LogP contribution in [0.1, 0.15) is 30.0 Å². The van der Waals surface area contributed by atoms with Gasteiger partial charge >= 0.3 is 0 Å². The van der Waals surface area contributed by atoms with Gasteiger partial charge in [-0.25, -0.2) is 4.98 Å². The van der Waals surface area contributed by atoms with Crippen LogP contribution in [0.5, 0.6) is 0 Å². The highest BCUT2D eigenvalue weighted by molar-refractivity contribution is 14.0. The van der Waals surface area contributed by atoms with Crippen molar-refractivity contribution >= 4 is 41.3 Å². The summed E-state index contributed by atoms with van der Waals surface area (Å²) in [6.45, 7) is 3.25. The maximum Gasteiger partial charge on any atom is 0.193 e. The van der Waals surface area contributed by atoms with E-state index < -0.39 is 0 Å². The van der Waals surface area contributed by atoms with Crippen LogP contribution in [0.15, 0.2) is 39.4 Å². The Balaban J connectivity index is 0.00000261. The fraction of sp³-hybridized carbons (Fsp3) is 0.579. The van der Waals surface area contributed by atoms with Crippen molar-refractivity contribution in [1.82, 2.24) is 15.2 Å². The average Bonchev–Trinajstić information content (AvgIpc) is 3.37. The highest BCUT2D eigenvalue weighted by Gasteiger charge is 2.15. The van der Waals surface area contributed by atoms with E-state index in [2.05, 4.69) is 22.2 Å². The van der Waals surface area contributed by atoms with Gasteiger partial charge in [0.2, 0.25) is 0 Å². The monoisotopic (exact) mass is 504 g/mol. The predicted molar refractivity (Wildman–Crippen MR) is 120 cm³/mol. The fourth-order valence-corrected chi connectivity index (χ4v) is 3.56. The van der Waals surface area contributed by atoms with Crippen molar-refractivity contribution in [3.63, 3.8) is 0 Å². The molecule has 0 saturated carbocycles. The van der Waals surface area contributed by atoms with Crippen molar-refractivity contribution in [2.45, 2.75) is 38.2 Å². The number of likely N-dealkylation sites (N-methyl/N-ethyl adjacent to an activating group) is 1.